The fraction of sp³-hybridized carbons (Fsp3) is 0.667. The Morgan fingerprint density at radius 3 is 2.57 bits per heavy atom. The van der Waals surface area contributed by atoms with Gasteiger partial charge in [-0.2, -0.15) is 0 Å². The topological polar surface area (TPSA) is 29.1 Å². The van der Waals surface area contributed by atoms with Gasteiger partial charge in [-0.15, -0.1) is 11.6 Å². The molecule has 0 bridgehead atoms. The third-order valence-electron chi connectivity index (χ3n) is 0.435. The van der Waals surface area contributed by atoms with Gasteiger partial charge in [0, 0.05) is 25.1 Å². The number of carbonyl (C=O) groups is 1. The van der Waals surface area contributed by atoms with Crippen molar-refractivity contribution in [1.29, 1.82) is 0 Å². The Balaban J connectivity index is 3.00. The molecule has 1 radical (unpaired) electrons. The van der Waals surface area contributed by atoms with E-state index in [1.807, 2.05) is 4.72 Å². The second-order valence-corrected chi connectivity index (χ2v) is 1.55. The highest BCUT2D eigenvalue weighted by atomic mass is 35.5. The van der Waals surface area contributed by atoms with Gasteiger partial charge in [0.2, 0.25) is 5.91 Å². The summed E-state index contributed by atoms with van der Waals surface area (Å²) >= 11 is 9.35. The molecule has 0 aromatic heterocycles. The van der Waals surface area contributed by atoms with E-state index in [0.29, 0.717) is 12.3 Å². The lowest BCUT2D eigenvalue weighted by Gasteiger charge is -1.87. The smallest absolute Gasteiger partial charge is 0.231 e. The van der Waals surface area contributed by atoms with Gasteiger partial charge in [-0.1, -0.05) is 0 Å². The fourth-order valence-corrected chi connectivity index (χ4v) is 0.411. The first kappa shape index (κ1) is 7.11. The maximum absolute atomic E-state index is 10.1. The van der Waals surface area contributed by atoms with Gasteiger partial charge in [-0.25, -0.2) is 0 Å². The Bertz CT molecular complexity index is 68.0. The van der Waals surface area contributed by atoms with Crippen molar-refractivity contribution in [3.05, 3.63) is 0 Å². The minimum Gasteiger partial charge on any atom is -0.290 e. The number of hydrogen-bond acceptors (Lipinski definition) is 1. The molecule has 0 aliphatic rings. The molecule has 0 aromatic carbocycles. The maximum atomic E-state index is 10.1. The number of carbonyl (C=O) groups excluding carboxylic acids is 1. The van der Waals surface area contributed by atoms with E-state index < -0.39 is 0 Å². The molecule has 0 heterocycles. The highest BCUT2D eigenvalue weighted by Crippen LogP contribution is 1.82. The van der Waals surface area contributed by atoms with Gasteiger partial charge < -0.3 is 0 Å². The summed E-state index contributed by atoms with van der Waals surface area (Å²) in [6.45, 7) is 0. The predicted octanol–water partition coefficient (Wildman–Crippen LogP) is 0.844. The Labute approximate surface area is 52.8 Å². The van der Waals surface area contributed by atoms with E-state index in [1.165, 1.54) is 0 Å². The summed E-state index contributed by atoms with van der Waals surface area (Å²) in [6.07, 6.45) is 0.311. The van der Waals surface area contributed by atoms with Gasteiger partial charge in [0.15, 0.2) is 0 Å². The van der Waals surface area contributed by atoms with Gasteiger partial charge >= 0.3 is 0 Å². The standard InChI is InChI=1S/C3H5ClNOS/c4-2-1-3(6)5-7/h1-2H2,(H,5,6). The van der Waals surface area contributed by atoms with E-state index >= 15 is 0 Å². The van der Waals surface area contributed by atoms with Gasteiger partial charge in [0.05, 0.1) is 0 Å². The SMILES string of the molecule is O=C(CCCl)N[S]. The van der Waals surface area contributed by atoms with Gasteiger partial charge in [-0.3, -0.25) is 9.52 Å². The minimum absolute atomic E-state index is 0.190. The molecule has 7 heavy (non-hydrogen) atoms. The predicted molar refractivity (Wildman–Crippen MR) is 31.1 cm³/mol. The van der Waals surface area contributed by atoms with E-state index in [-0.39, 0.29) is 5.91 Å². The van der Waals surface area contributed by atoms with Gasteiger partial charge in [0.25, 0.3) is 0 Å². The molecule has 1 amide bonds. The number of nitrogens with one attached hydrogen (secondary N) is 1. The number of rotatable bonds is 2. The summed E-state index contributed by atoms with van der Waals surface area (Å²) in [5.41, 5.74) is 0. The molecular formula is C3H5ClNOS. The van der Waals surface area contributed by atoms with Crippen LogP contribution in [0.5, 0.6) is 0 Å². The molecule has 0 aliphatic carbocycles. The summed E-state index contributed by atoms with van der Waals surface area (Å²) in [6, 6.07) is 0. The van der Waals surface area contributed by atoms with Crippen molar-refractivity contribution in [2.24, 2.45) is 0 Å². The van der Waals surface area contributed by atoms with Crippen molar-refractivity contribution in [2.45, 2.75) is 6.42 Å². The van der Waals surface area contributed by atoms with Crippen LogP contribution in [0.3, 0.4) is 0 Å². The van der Waals surface area contributed by atoms with Crippen molar-refractivity contribution >= 4 is 30.3 Å². The van der Waals surface area contributed by atoms with Crippen LogP contribution in [0.1, 0.15) is 6.42 Å². The molecule has 0 rings (SSSR count). The first-order valence-corrected chi connectivity index (χ1v) is 2.72. The van der Waals surface area contributed by atoms with Crippen molar-refractivity contribution in [2.75, 3.05) is 5.88 Å². The molecule has 0 saturated heterocycles. The van der Waals surface area contributed by atoms with Crippen LogP contribution in [0, 0.1) is 0 Å². The lowest BCUT2D eigenvalue weighted by molar-refractivity contribution is -0.118. The molecule has 0 fully saturated rings. The number of hydrogen-bond donors (Lipinski definition) is 1. The van der Waals surface area contributed by atoms with Crippen LogP contribution in [0.25, 0.3) is 0 Å². The molecular weight excluding hydrogens is 134 g/mol. The second kappa shape index (κ2) is 4.27. The third-order valence-corrected chi connectivity index (χ3v) is 0.852. The van der Waals surface area contributed by atoms with Gasteiger partial charge in [0.1, 0.15) is 0 Å². The van der Waals surface area contributed by atoms with Crippen LogP contribution in [-0.2, 0) is 4.79 Å². The number of alkyl halides is 1. The summed E-state index contributed by atoms with van der Waals surface area (Å²) in [5.74, 6) is 0.146. The maximum Gasteiger partial charge on any atom is 0.231 e. The fourth-order valence-electron chi connectivity index (χ4n) is 0.137. The van der Waals surface area contributed by atoms with E-state index in [1.54, 1.807) is 0 Å². The summed E-state index contributed by atoms with van der Waals surface area (Å²) in [5, 5.41) is 0. The van der Waals surface area contributed by atoms with Crippen molar-refractivity contribution in [1.82, 2.24) is 4.72 Å². The van der Waals surface area contributed by atoms with E-state index in [0.717, 1.165) is 0 Å². The normalized spacial score (nSPS) is 8.29. The molecule has 41 valence electrons. The first-order chi connectivity index (χ1) is 3.31. The van der Waals surface area contributed by atoms with Crippen LogP contribution in [0.4, 0.5) is 0 Å². The van der Waals surface area contributed by atoms with Gasteiger partial charge in [-0.05, 0) is 0 Å². The molecule has 0 atom stereocenters. The first-order valence-electron chi connectivity index (χ1n) is 1.78. The molecule has 0 spiro atoms. The Morgan fingerprint density at radius 2 is 2.43 bits per heavy atom. The van der Waals surface area contributed by atoms with Crippen molar-refractivity contribution in [3.63, 3.8) is 0 Å². The lowest BCUT2D eigenvalue weighted by Crippen LogP contribution is -2.11. The zero-order valence-electron chi connectivity index (χ0n) is 3.61. The molecule has 0 aliphatic heterocycles. The monoisotopic (exact) mass is 138 g/mol. The average molecular weight is 139 g/mol. The molecule has 0 saturated carbocycles. The largest absolute Gasteiger partial charge is 0.290 e. The quantitative estimate of drug-likeness (QED) is 0.563. The lowest BCUT2D eigenvalue weighted by atomic mass is 10.5. The average Bonchev–Trinajstić information content (AvgIpc) is 1.68. The van der Waals surface area contributed by atoms with Crippen LogP contribution in [0.2, 0.25) is 0 Å². The highest BCUT2D eigenvalue weighted by Gasteiger charge is 1.92. The molecule has 0 unspecified atom stereocenters. The highest BCUT2D eigenvalue weighted by molar-refractivity contribution is 7.78. The van der Waals surface area contributed by atoms with Crippen LogP contribution >= 0.6 is 24.4 Å². The molecule has 1 N–H and O–H groups in total. The summed E-state index contributed by atoms with van der Waals surface area (Å²) in [4.78, 5) is 10.1. The minimum atomic E-state index is -0.190. The molecule has 2 nitrogen and oxygen atoms in total. The molecule has 0 aromatic rings. The number of amides is 1. The third kappa shape index (κ3) is 3.95. The van der Waals surface area contributed by atoms with Crippen LogP contribution < -0.4 is 4.72 Å². The zero-order valence-corrected chi connectivity index (χ0v) is 5.18. The van der Waals surface area contributed by atoms with E-state index in [4.69, 9.17) is 11.6 Å². The Morgan fingerprint density at radius 1 is 1.86 bits per heavy atom. The number of halogens is 1. The van der Waals surface area contributed by atoms with E-state index in [9.17, 15) is 4.79 Å². The van der Waals surface area contributed by atoms with Crippen molar-refractivity contribution < 1.29 is 4.79 Å². The summed E-state index contributed by atoms with van der Waals surface area (Å²) < 4.78 is 2.03. The van der Waals surface area contributed by atoms with E-state index in [2.05, 4.69) is 12.8 Å². The zero-order chi connectivity index (χ0) is 5.70. The second-order valence-electron chi connectivity index (χ2n) is 0.964. The Kier molecular flexibility index (Phi) is 4.34. The summed E-state index contributed by atoms with van der Waals surface area (Å²) in [7, 11) is 0. The Hall–Kier alpha value is 0.110. The van der Waals surface area contributed by atoms with Crippen molar-refractivity contribution in [3.8, 4) is 0 Å². The molecule has 4 heteroatoms. The van der Waals surface area contributed by atoms with Crippen LogP contribution in [-0.4, -0.2) is 11.8 Å². The van der Waals surface area contributed by atoms with Crippen LogP contribution in [0.15, 0.2) is 0 Å².